The summed E-state index contributed by atoms with van der Waals surface area (Å²) in [5.41, 5.74) is 0.598. The highest BCUT2D eigenvalue weighted by molar-refractivity contribution is 6.36. The first-order valence-corrected chi connectivity index (χ1v) is 9.92. The van der Waals surface area contributed by atoms with Crippen molar-refractivity contribution in [3.8, 4) is 0 Å². The van der Waals surface area contributed by atoms with E-state index in [-0.39, 0.29) is 29.4 Å². The van der Waals surface area contributed by atoms with E-state index < -0.39 is 23.6 Å². The molecule has 0 aliphatic heterocycles. The molecule has 0 aliphatic rings. The van der Waals surface area contributed by atoms with Gasteiger partial charge in [0.2, 0.25) is 0 Å². The van der Waals surface area contributed by atoms with Gasteiger partial charge in [0, 0.05) is 23.8 Å². The molecule has 0 atom stereocenters. The van der Waals surface area contributed by atoms with Gasteiger partial charge < -0.3 is 10.6 Å². The monoisotopic (exact) mass is 463 g/mol. The Morgan fingerprint density at radius 1 is 0.935 bits per heavy atom. The number of anilines is 2. The van der Waals surface area contributed by atoms with Gasteiger partial charge in [0.25, 0.3) is 5.91 Å². The molecule has 3 aromatic carbocycles. The number of hydrogen-bond donors (Lipinski definition) is 2. The van der Waals surface area contributed by atoms with E-state index in [1.165, 1.54) is 65.6 Å². The number of rotatable bonds is 6. The van der Waals surface area contributed by atoms with E-state index in [1.807, 2.05) is 0 Å². The van der Waals surface area contributed by atoms with Gasteiger partial charge in [0.15, 0.2) is 0 Å². The summed E-state index contributed by atoms with van der Waals surface area (Å²) in [6.45, 7) is 0.0860. The molecule has 0 fully saturated rings. The fourth-order valence-corrected chi connectivity index (χ4v) is 3.26. The zero-order chi connectivity index (χ0) is 22.4. The third kappa shape index (κ3) is 5.93. The molecular weight excluding hydrogens is 447 g/mol. The molecule has 0 saturated carbocycles. The first-order valence-electron chi connectivity index (χ1n) is 9.17. The van der Waals surface area contributed by atoms with Crippen LogP contribution >= 0.6 is 23.2 Å². The van der Waals surface area contributed by atoms with Gasteiger partial charge in [-0.15, -0.1) is 0 Å². The molecule has 0 spiro atoms. The van der Waals surface area contributed by atoms with Gasteiger partial charge in [0.05, 0.1) is 16.3 Å². The van der Waals surface area contributed by atoms with E-state index in [1.54, 1.807) is 6.07 Å². The van der Waals surface area contributed by atoms with Crippen molar-refractivity contribution in [2.24, 2.45) is 0 Å². The zero-order valence-electron chi connectivity index (χ0n) is 16.0. The van der Waals surface area contributed by atoms with E-state index in [9.17, 15) is 18.4 Å². The number of carbonyl (C=O) groups excluding carboxylic acids is 2. The van der Waals surface area contributed by atoms with Gasteiger partial charge in [-0.1, -0.05) is 35.3 Å². The standard InChI is InChI=1S/C22H17Cl2F2N3O2/c23-14-5-10-17(18(24)13-14)21(30)27-11-12-29(16-8-6-15(25)7-9-16)22(31)28-20-4-2-1-3-19(20)26/h1-10,13H,11-12H2,(H,27,30)(H,28,31). The van der Waals surface area contributed by atoms with Gasteiger partial charge in [-0.3, -0.25) is 9.69 Å². The van der Waals surface area contributed by atoms with Crippen LogP contribution in [0.2, 0.25) is 10.0 Å². The second kappa shape index (κ2) is 10.2. The van der Waals surface area contributed by atoms with Crippen LogP contribution in [0.15, 0.2) is 66.7 Å². The molecule has 0 aromatic heterocycles. The molecule has 0 saturated heterocycles. The van der Waals surface area contributed by atoms with Gasteiger partial charge >= 0.3 is 6.03 Å². The number of nitrogens with zero attached hydrogens (tertiary/aromatic N) is 1. The van der Waals surface area contributed by atoms with E-state index >= 15 is 0 Å². The van der Waals surface area contributed by atoms with Gasteiger partial charge in [-0.25, -0.2) is 13.6 Å². The number of urea groups is 1. The van der Waals surface area contributed by atoms with Crippen LogP contribution < -0.4 is 15.5 Å². The maximum atomic E-state index is 13.9. The molecule has 0 radical (unpaired) electrons. The Labute approximate surface area is 187 Å². The average molecular weight is 464 g/mol. The van der Waals surface area contributed by atoms with Crippen LogP contribution in [0.25, 0.3) is 0 Å². The van der Waals surface area contributed by atoms with Crippen molar-refractivity contribution in [2.75, 3.05) is 23.3 Å². The van der Waals surface area contributed by atoms with Crippen molar-refractivity contribution >= 4 is 46.5 Å². The van der Waals surface area contributed by atoms with E-state index in [4.69, 9.17) is 23.2 Å². The Hall–Kier alpha value is -3.16. The molecular formula is C22H17Cl2F2N3O2. The normalized spacial score (nSPS) is 10.5. The maximum absolute atomic E-state index is 13.9. The van der Waals surface area contributed by atoms with Crippen molar-refractivity contribution in [3.63, 3.8) is 0 Å². The van der Waals surface area contributed by atoms with Crippen molar-refractivity contribution < 1.29 is 18.4 Å². The average Bonchev–Trinajstić information content (AvgIpc) is 2.73. The Bertz CT molecular complexity index is 1090. The summed E-state index contributed by atoms with van der Waals surface area (Å²) in [7, 11) is 0. The van der Waals surface area contributed by atoms with E-state index in [0.29, 0.717) is 10.7 Å². The van der Waals surface area contributed by atoms with Gasteiger partial charge in [-0.2, -0.15) is 0 Å². The van der Waals surface area contributed by atoms with Crippen LogP contribution in [-0.2, 0) is 0 Å². The molecule has 5 nitrogen and oxygen atoms in total. The highest BCUT2D eigenvalue weighted by Gasteiger charge is 2.18. The highest BCUT2D eigenvalue weighted by atomic mass is 35.5. The molecule has 2 N–H and O–H groups in total. The Kier molecular flexibility index (Phi) is 7.44. The lowest BCUT2D eigenvalue weighted by molar-refractivity contribution is 0.0954. The van der Waals surface area contributed by atoms with Gasteiger partial charge in [0.1, 0.15) is 11.6 Å². The first kappa shape index (κ1) is 22.5. The Morgan fingerprint density at radius 3 is 2.32 bits per heavy atom. The van der Waals surface area contributed by atoms with E-state index in [0.717, 1.165) is 0 Å². The molecule has 3 amide bonds. The largest absolute Gasteiger partial charge is 0.350 e. The fourth-order valence-electron chi connectivity index (χ4n) is 2.76. The summed E-state index contributed by atoms with van der Waals surface area (Å²) >= 11 is 11.9. The molecule has 31 heavy (non-hydrogen) atoms. The summed E-state index contributed by atoms with van der Waals surface area (Å²) in [6.07, 6.45) is 0. The molecule has 0 heterocycles. The SMILES string of the molecule is O=C(NCCN(C(=O)Nc1ccccc1F)c1ccc(F)cc1)c1ccc(Cl)cc1Cl. The molecule has 0 aliphatic carbocycles. The number of carbonyl (C=O) groups is 2. The lowest BCUT2D eigenvalue weighted by Gasteiger charge is -2.23. The number of hydrogen-bond acceptors (Lipinski definition) is 2. The summed E-state index contributed by atoms with van der Waals surface area (Å²) < 4.78 is 27.2. The number of amides is 3. The minimum atomic E-state index is -0.643. The van der Waals surface area contributed by atoms with E-state index in [2.05, 4.69) is 10.6 Å². The molecule has 9 heteroatoms. The lowest BCUT2D eigenvalue weighted by Crippen LogP contribution is -2.41. The molecule has 0 bridgehead atoms. The minimum absolute atomic E-state index is 0.00315. The summed E-state index contributed by atoms with van der Waals surface area (Å²) in [6, 6.07) is 14.8. The van der Waals surface area contributed by atoms with Crippen LogP contribution in [0, 0.1) is 11.6 Å². The summed E-state index contributed by atoms with van der Waals surface area (Å²) in [4.78, 5) is 26.4. The highest BCUT2D eigenvalue weighted by Crippen LogP contribution is 2.21. The van der Waals surface area contributed by atoms with Gasteiger partial charge in [-0.05, 0) is 54.6 Å². The number of halogens is 4. The van der Waals surface area contributed by atoms with Crippen LogP contribution in [0.1, 0.15) is 10.4 Å². The third-order valence-electron chi connectivity index (χ3n) is 4.30. The topological polar surface area (TPSA) is 61.4 Å². The minimum Gasteiger partial charge on any atom is -0.350 e. The van der Waals surface area contributed by atoms with Crippen LogP contribution in [-0.4, -0.2) is 25.0 Å². The second-order valence-corrected chi connectivity index (χ2v) is 7.26. The van der Waals surface area contributed by atoms with Crippen LogP contribution in [0.5, 0.6) is 0 Å². The number of benzene rings is 3. The maximum Gasteiger partial charge on any atom is 0.326 e. The predicted molar refractivity (Wildman–Crippen MR) is 118 cm³/mol. The quantitative estimate of drug-likeness (QED) is 0.489. The Balaban J connectivity index is 1.72. The molecule has 0 unspecified atom stereocenters. The zero-order valence-corrected chi connectivity index (χ0v) is 17.6. The van der Waals surface area contributed by atoms with Crippen LogP contribution in [0.4, 0.5) is 25.0 Å². The molecule has 3 aromatic rings. The molecule has 160 valence electrons. The second-order valence-electron chi connectivity index (χ2n) is 6.42. The van der Waals surface area contributed by atoms with Crippen molar-refractivity contribution in [2.45, 2.75) is 0 Å². The number of para-hydroxylation sites is 1. The number of nitrogens with one attached hydrogen (secondary N) is 2. The lowest BCUT2D eigenvalue weighted by atomic mass is 10.2. The Morgan fingerprint density at radius 2 is 1.65 bits per heavy atom. The summed E-state index contributed by atoms with van der Waals surface area (Å²) in [5.74, 6) is -1.51. The van der Waals surface area contributed by atoms with Crippen LogP contribution in [0.3, 0.4) is 0 Å². The molecule has 3 rings (SSSR count). The summed E-state index contributed by atoms with van der Waals surface area (Å²) in [5, 5.41) is 5.73. The predicted octanol–water partition coefficient (Wildman–Crippen LogP) is 5.74. The van der Waals surface area contributed by atoms with Crippen molar-refractivity contribution in [1.82, 2.24) is 5.32 Å². The fraction of sp³-hybridized carbons (Fsp3) is 0.0909. The first-order chi connectivity index (χ1) is 14.8. The van der Waals surface area contributed by atoms with Crippen molar-refractivity contribution in [3.05, 3.63) is 94.0 Å². The third-order valence-corrected chi connectivity index (χ3v) is 4.84. The van der Waals surface area contributed by atoms with Crippen molar-refractivity contribution in [1.29, 1.82) is 0 Å². The smallest absolute Gasteiger partial charge is 0.326 e.